The summed E-state index contributed by atoms with van der Waals surface area (Å²) in [5, 5.41) is 15.6. The molecule has 1 aliphatic rings. The van der Waals surface area contributed by atoms with Crippen LogP contribution in [0.25, 0.3) is 0 Å². The first kappa shape index (κ1) is 11.6. The quantitative estimate of drug-likeness (QED) is 0.785. The van der Waals surface area contributed by atoms with E-state index < -0.39 is 0 Å². The number of anilines is 2. The summed E-state index contributed by atoms with van der Waals surface area (Å²) in [7, 11) is 1.81. The normalized spacial score (nSPS) is 17.7. The molecule has 0 atom stereocenters. The van der Waals surface area contributed by atoms with Crippen LogP contribution in [0, 0.1) is 0 Å². The number of halogens is 1. The molecule has 2 rings (SSSR count). The molecule has 0 aliphatic heterocycles. The molecule has 0 aromatic carbocycles. The molecule has 1 aliphatic carbocycles. The van der Waals surface area contributed by atoms with Crippen LogP contribution in [0.4, 0.5) is 11.6 Å². The fourth-order valence-corrected chi connectivity index (χ4v) is 2.31. The zero-order valence-electron chi connectivity index (χ0n) is 9.13. The maximum Gasteiger partial charge on any atom is 0.146 e. The lowest BCUT2D eigenvalue weighted by molar-refractivity contribution is 0.143. The predicted octanol–water partition coefficient (Wildman–Crippen LogP) is 1.61. The van der Waals surface area contributed by atoms with Gasteiger partial charge in [0.2, 0.25) is 0 Å². The van der Waals surface area contributed by atoms with Crippen molar-refractivity contribution in [1.29, 1.82) is 0 Å². The van der Waals surface area contributed by atoms with Gasteiger partial charge in [0.05, 0.1) is 12.1 Å². The van der Waals surface area contributed by atoms with E-state index in [0.717, 1.165) is 35.4 Å². The summed E-state index contributed by atoms with van der Waals surface area (Å²) in [6, 6.07) is 0. The second kappa shape index (κ2) is 4.55. The molecule has 1 aromatic rings. The van der Waals surface area contributed by atoms with E-state index in [1.165, 1.54) is 6.33 Å². The van der Waals surface area contributed by atoms with E-state index in [-0.39, 0.29) is 12.1 Å². The third kappa shape index (κ3) is 1.99. The number of aromatic nitrogens is 2. The SMILES string of the molecule is CNc1ncnc(NC2(CO)CCC2)c1Br. The number of aliphatic hydroxyl groups excluding tert-OH is 1. The van der Waals surface area contributed by atoms with Gasteiger partial charge in [0.25, 0.3) is 0 Å². The predicted molar refractivity (Wildman–Crippen MR) is 66.6 cm³/mol. The average molecular weight is 287 g/mol. The Bertz CT molecular complexity index is 376. The molecule has 3 N–H and O–H groups in total. The van der Waals surface area contributed by atoms with Crippen LogP contribution in [-0.2, 0) is 0 Å². The largest absolute Gasteiger partial charge is 0.394 e. The monoisotopic (exact) mass is 286 g/mol. The molecule has 0 amide bonds. The Kier molecular flexibility index (Phi) is 3.30. The number of hydrogen-bond acceptors (Lipinski definition) is 5. The first-order valence-electron chi connectivity index (χ1n) is 5.28. The van der Waals surface area contributed by atoms with E-state index in [0.29, 0.717) is 0 Å². The van der Waals surface area contributed by atoms with Gasteiger partial charge in [-0.1, -0.05) is 0 Å². The topological polar surface area (TPSA) is 70.1 Å². The van der Waals surface area contributed by atoms with Gasteiger partial charge in [-0.15, -0.1) is 0 Å². The summed E-state index contributed by atoms with van der Waals surface area (Å²) in [6.07, 6.45) is 4.61. The van der Waals surface area contributed by atoms with Crippen LogP contribution in [0.2, 0.25) is 0 Å². The Morgan fingerprint density at radius 1 is 1.44 bits per heavy atom. The first-order chi connectivity index (χ1) is 7.71. The van der Waals surface area contributed by atoms with Crippen LogP contribution in [0.5, 0.6) is 0 Å². The van der Waals surface area contributed by atoms with Crippen molar-refractivity contribution in [1.82, 2.24) is 9.97 Å². The number of rotatable bonds is 4. The Morgan fingerprint density at radius 3 is 2.62 bits per heavy atom. The highest BCUT2D eigenvalue weighted by molar-refractivity contribution is 9.10. The lowest BCUT2D eigenvalue weighted by Crippen LogP contribution is -2.48. The van der Waals surface area contributed by atoms with Gasteiger partial charge in [-0.05, 0) is 35.2 Å². The number of aliphatic hydroxyl groups is 1. The highest BCUT2D eigenvalue weighted by Gasteiger charge is 2.37. The number of nitrogens with one attached hydrogen (secondary N) is 2. The summed E-state index contributed by atoms with van der Waals surface area (Å²) >= 11 is 3.44. The molecule has 5 nitrogen and oxygen atoms in total. The van der Waals surface area contributed by atoms with Crippen molar-refractivity contribution in [3.05, 3.63) is 10.8 Å². The number of hydrogen-bond donors (Lipinski definition) is 3. The van der Waals surface area contributed by atoms with Gasteiger partial charge in [0.15, 0.2) is 0 Å². The summed E-state index contributed by atoms with van der Waals surface area (Å²) in [6.45, 7) is 0.137. The van der Waals surface area contributed by atoms with E-state index in [2.05, 4.69) is 36.5 Å². The van der Waals surface area contributed by atoms with Crippen LogP contribution in [0.3, 0.4) is 0 Å². The van der Waals surface area contributed by atoms with Crippen molar-refractivity contribution in [2.75, 3.05) is 24.3 Å². The summed E-state index contributed by atoms with van der Waals surface area (Å²) in [4.78, 5) is 8.27. The summed E-state index contributed by atoms with van der Waals surface area (Å²) in [5.74, 6) is 1.47. The maximum absolute atomic E-state index is 9.38. The molecule has 1 saturated carbocycles. The third-order valence-corrected chi connectivity index (χ3v) is 3.77. The van der Waals surface area contributed by atoms with Crippen LogP contribution >= 0.6 is 15.9 Å². The van der Waals surface area contributed by atoms with Gasteiger partial charge in [0.1, 0.15) is 22.4 Å². The average Bonchev–Trinajstić information content (AvgIpc) is 2.25. The van der Waals surface area contributed by atoms with Crippen LogP contribution < -0.4 is 10.6 Å². The Hall–Kier alpha value is -0.880. The molecular formula is C10H15BrN4O. The van der Waals surface area contributed by atoms with Crippen molar-refractivity contribution >= 4 is 27.6 Å². The lowest BCUT2D eigenvalue weighted by Gasteiger charge is -2.41. The van der Waals surface area contributed by atoms with E-state index in [4.69, 9.17) is 0 Å². The molecule has 16 heavy (non-hydrogen) atoms. The van der Waals surface area contributed by atoms with Crippen molar-refractivity contribution in [2.24, 2.45) is 0 Å². The minimum atomic E-state index is -0.193. The molecule has 0 radical (unpaired) electrons. The van der Waals surface area contributed by atoms with Crippen molar-refractivity contribution in [2.45, 2.75) is 24.8 Å². The van der Waals surface area contributed by atoms with Crippen molar-refractivity contribution < 1.29 is 5.11 Å². The highest BCUT2D eigenvalue weighted by Crippen LogP contribution is 2.37. The Labute approximate surface area is 103 Å². The summed E-state index contributed by atoms with van der Waals surface area (Å²) < 4.78 is 0.803. The van der Waals surface area contributed by atoms with Crippen LogP contribution in [0.1, 0.15) is 19.3 Å². The van der Waals surface area contributed by atoms with Gasteiger partial charge >= 0.3 is 0 Å². The third-order valence-electron chi connectivity index (χ3n) is 3.02. The fraction of sp³-hybridized carbons (Fsp3) is 0.600. The molecule has 1 aromatic heterocycles. The molecule has 88 valence electrons. The van der Waals surface area contributed by atoms with Crippen LogP contribution in [0.15, 0.2) is 10.8 Å². The van der Waals surface area contributed by atoms with Crippen LogP contribution in [-0.4, -0.2) is 34.3 Å². The zero-order valence-corrected chi connectivity index (χ0v) is 10.7. The Morgan fingerprint density at radius 2 is 2.12 bits per heavy atom. The minimum Gasteiger partial charge on any atom is -0.394 e. The van der Waals surface area contributed by atoms with Gasteiger partial charge < -0.3 is 15.7 Å². The molecule has 0 spiro atoms. The van der Waals surface area contributed by atoms with Gasteiger partial charge in [0, 0.05) is 7.05 Å². The molecule has 1 fully saturated rings. The zero-order chi connectivity index (χ0) is 11.6. The minimum absolute atomic E-state index is 0.137. The summed E-state index contributed by atoms with van der Waals surface area (Å²) in [5.41, 5.74) is -0.193. The van der Waals surface area contributed by atoms with E-state index in [1.807, 2.05) is 7.05 Å². The van der Waals surface area contributed by atoms with E-state index >= 15 is 0 Å². The molecule has 1 heterocycles. The first-order valence-corrected chi connectivity index (χ1v) is 6.07. The smallest absolute Gasteiger partial charge is 0.146 e. The van der Waals surface area contributed by atoms with Gasteiger partial charge in [-0.3, -0.25) is 0 Å². The Balaban J connectivity index is 2.21. The molecule has 6 heteroatoms. The van der Waals surface area contributed by atoms with Crippen molar-refractivity contribution in [3.8, 4) is 0 Å². The molecule has 0 unspecified atom stereocenters. The fourth-order valence-electron chi connectivity index (χ4n) is 1.81. The molecule has 0 saturated heterocycles. The standard InChI is InChI=1S/C10H15BrN4O/c1-12-8-7(11)9(14-6-13-8)15-10(5-16)3-2-4-10/h6,16H,2-5H2,1H3,(H2,12,13,14,15). The van der Waals surface area contributed by atoms with Gasteiger partial charge in [-0.2, -0.15) is 0 Å². The second-order valence-corrected chi connectivity index (χ2v) is 4.84. The highest BCUT2D eigenvalue weighted by atomic mass is 79.9. The number of nitrogens with zero attached hydrogens (tertiary/aromatic N) is 2. The lowest BCUT2D eigenvalue weighted by atomic mass is 9.77. The van der Waals surface area contributed by atoms with E-state index in [1.54, 1.807) is 0 Å². The van der Waals surface area contributed by atoms with Gasteiger partial charge in [-0.25, -0.2) is 9.97 Å². The van der Waals surface area contributed by atoms with E-state index in [9.17, 15) is 5.11 Å². The maximum atomic E-state index is 9.38. The van der Waals surface area contributed by atoms with Crippen molar-refractivity contribution in [3.63, 3.8) is 0 Å². The molecule has 0 bridgehead atoms. The molecular weight excluding hydrogens is 272 g/mol. The second-order valence-electron chi connectivity index (χ2n) is 4.05.